The van der Waals surface area contributed by atoms with Gasteiger partial charge in [-0.1, -0.05) is 71.8 Å². The molecule has 8 aliphatic heterocycles. The number of halogens is 4. The van der Waals surface area contributed by atoms with Crippen LogP contribution in [-0.2, 0) is 4.87 Å². The highest BCUT2D eigenvalue weighted by atomic mass is 35.5. The van der Waals surface area contributed by atoms with Crippen molar-refractivity contribution in [3.05, 3.63) is 173 Å². The summed E-state index contributed by atoms with van der Waals surface area (Å²) >= 11 is 32.1. The number of hydrogen-bond donors (Lipinski definition) is 2. The highest BCUT2D eigenvalue weighted by Gasteiger charge is 2.62. The van der Waals surface area contributed by atoms with Gasteiger partial charge in [0.2, 0.25) is 0 Å². The van der Waals surface area contributed by atoms with E-state index in [9.17, 15) is 0 Å². The van der Waals surface area contributed by atoms with Crippen LogP contribution >= 0.6 is 46.4 Å². The van der Waals surface area contributed by atoms with Gasteiger partial charge in [-0.25, -0.2) is 4.99 Å². The van der Waals surface area contributed by atoms with Gasteiger partial charge < -0.3 is 29.9 Å². The molecule has 8 nitrogen and oxygen atoms in total. The summed E-state index contributed by atoms with van der Waals surface area (Å²) in [6.45, 7) is 2.76. The molecule has 2 N–H and O–H groups in total. The zero-order valence-electron chi connectivity index (χ0n) is 31.6. The molecule has 4 unspecified atom stereocenters. The van der Waals surface area contributed by atoms with E-state index >= 15 is 0 Å². The van der Waals surface area contributed by atoms with Gasteiger partial charge >= 0.3 is 0 Å². The molecule has 0 amide bonds. The smallest absolute Gasteiger partial charge is 0.182 e. The fraction of sp³-hybridized carbons (Fsp3) is 0.273. The summed E-state index contributed by atoms with van der Waals surface area (Å²) in [5.74, 6) is 0. The number of aliphatic imine (C=N–C) groups is 2. The topological polar surface area (TPSA) is 65.5 Å². The molecule has 0 saturated heterocycles. The second-order valence-electron chi connectivity index (χ2n) is 15.1. The van der Waals surface area contributed by atoms with Crippen LogP contribution in [0.25, 0.3) is 5.57 Å². The van der Waals surface area contributed by atoms with Gasteiger partial charge in [0.15, 0.2) is 19.7 Å². The molecule has 0 saturated carbocycles. The number of allylic oxidation sites excluding steroid dienone is 14. The zero-order valence-corrected chi connectivity index (χ0v) is 34.6. The average Bonchev–Trinajstić information content (AvgIpc) is 4.02. The lowest BCUT2D eigenvalue weighted by molar-refractivity contribution is 0.370. The van der Waals surface area contributed by atoms with Crippen LogP contribution in [0.3, 0.4) is 0 Å². The molecular weight excluding hydrogens is 782 g/mol. The summed E-state index contributed by atoms with van der Waals surface area (Å²) in [7, 11) is 8.18. The van der Waals surface area contributed by atoms with Crippen LogP contribution in [0, 0.1) is 0 Å². The van der Waals surface area contributed by atoms with Gasteiger partial charge in [-0.15, -0.1) is 23.2 Å². The van der Waals surface area contributed by atoms with E-state index < -0.39 is 19.7 Å². The van der Waals surface area contributed by atoms with Crippen molar-refractivity contribution in [3.63, 3.8) is 0 Å². The second kappa shape index (κ2) is 13.5. The van der Waals surface area contributed by atoms with Crippen molar-refractivity contribution in [2.24, 2.45) is 9.98 Å². The van der Waals surface area contributed by atoms with Crippen molar-refractivity contribution in [3.8, 4) is 0 Å². The first-order chi connectivity index (χ1) is 26.9. The van der Waals surface area contributed by atoms with E-state index in [0.717, 1.165) is 69.8 Å². The first-order valence-electron chi connectivity index (χ1n) is 18.7. The maximum absolute atomic E-state index is 8.13. The molecule has 1 aromatic heterocycles. The van der Waals surface area contributed by atoms with Gasteiger partial charge in [0.1, 0.15) is 0 Å². The van der Waals surface area contributed by atoms with Gasteiger partial charge in [-0.3, -0.25) is 4.99 Å². The Hall–Kier alpha value is -4.60. The third-order valence-electron chi connectivity index (χ3n) is 11.6. The van der Waals surface area contributed by atoms with Gasteiger partial charge in [0.05, 0.1) is 17.1 Å². The maximum Gasteiger partial charge on any atom is 0.182 e. The summed E-state index contributed by atoms with van der Waals surface area (Å²) in [5.41, 5.74) is 9.70. The van der Waals surface area contributed by atoms with Crippen molar-refractivity contribution in [2.75, 3.05) is 54.4 Å². The zero-order chi connectivity index (χ0) is 39.0. The molecule has 0 aromatic carbocycles. The molecule has 1 aromatic rings. The molecule has 56 heavy (non-hydrogen) atoms. The minimum absolute atomic E-state index is 0.467. The number of aromatic amines is 1. The quantitative estimate of drug-likeness (QED) is 0.238. The minimum atomic E-state index is -1.55. The molecule has 0 radical (unpaired) electrons. The standard InChI is InChI=1S/C44H42Cl4N8/c1-53-25-9-5-13-33(53)39-29-17-18-30(49-29)40(34-14-6-10-26-54(34)2)32-21-23-41(45,51-32)44(48,38-16-8-12-28-56(38)4)36-22-24-42(46,52-36)43(47,35-20-19-31(39)50-35)37-15-7-11-27-55(37)3/h5-24,50-51H,25-28H2,1-4H3. The summed E-state index contributed by atoms with van der Waals surface area (Å²) in [4.78, 5) is 17.3. The molecule has 0 spiro atoms. The summed E-state index contributed by atoms with van der Waals surface area (Å²) in [6, 6.07) is 4.07. The SMILES string of the molecule is CN1CC=CC=C1C1=C2C=CC(Cl)(N2)C(Cl)(C2=CC=CCN2C)C2=NC(Cl)(C=C2)C(Cl)(C2=CC=CCN2C)c2ccc([nH]2)C(C2=CC=CCN2C)=C2C=CC1=N2. The Labute approximate surface area is 348 Å². The van der Waals surface area contributed by atoms with Crippen LogP contribution in [0.1, 0.15) is 11.4 Å². The summed E-state index contributed by atoms with van der Waals surface area (Å²) in [6.07, 6.45) is 36.7. The third-order valence-corrected chi connectivity index (χ3v) is 14.1. The molecule has 0 fully saturated rings. The number of nitrogens with one attached hydrogen (secondary N) is 2. The van der Waals surface area contributed by atoms with Crippen LogP contribution in [0.15, 0.2) is 171 Å². The van der Waals surface area contributed by atoms with Gasteiger partial charge in [-0.2, -0.15) is 0 Å². The predicted octanol–water partition coefficient (Wildman–Crippen LogP) is 8.00. The molecule has 9 heterocycles. The average molecular weight is 825 g/mol. The third kappa shape index (κ3) is 5.47. The molecule has 4 atom stereocenters. The van der Waals surface area contributed by atoms with E-state index in [1.165, 1.54) is 0 Å². The van der Waals surface area contributed by atoms with E-state index in [4.69, 9.17) is 56.4 Å². The number of alkyl halides is 4. The Morgan fingerprint density at radius 2 is 1.21 bits per heavy atom. The molecule has 0 aliphatic carbocycles. The highest BCUT2D eigenvalue weighted by molar-refractivity contribution is 6.49. The fourth-order valence-electron chi connectivity index (χ4n) is 8.57. The van der Waals surface area contributed by atoms with Crippen LogP contribution in [0.4, 0.5) is 0 Å². The number of rotatable bonds is 4. The monoisotopic (exact) mass is 822 g/mol. The number of aromatic nitrogens is 1. The Morgan fingerprint density at radius 1 is 0.625 bits per heavy atom. The fourth-order valence-corrected chi connectivity index (χ4v) is 10.1. The van der Waals surface area contributed by atoms with Crippen molar-refractivity contribution < 1.29 is 0 Å². The molecule has 8 bridgehead atoms. The lowest BCUT2D eigenvalue weighted by Crippen LogP contribution is -2.60. The van der Waals surface area contributed by atoms with Crippen molar-refractivity contribution in [2.45, 2.75) is 19.7 Å². The number of likely N-dealkylation sites (N-methyl/N-ethyl adjacent to an activating group) is 4. The Morgan fingerprint density at radius 3 is 1.84 bits per heavy atom. The molecule has 12 heteroatoms. The van der Waals surface area contributed by atoms with E-state index in [1.54, 1.807) is 0 Å². The van der Waals surface area contributed by atoms with E-state index in [1.807, 2.05) is 68.8 Å². The summed E-state index contributed by atoms with van der Waals surface area (Å²) in [5, 5.41) is 3.71. The van der Waals surface area contributed by atoms with Crippen LogP contribution in [0.2, 0.25) is 0 Å². The van der Waals surface area contributed by atoms with Crippen LogP contribution in [0.5, 0.6) is 0 Å². The number of hydrogen-bond acceptors (Lipinski definition) is 7. The van der Waals surface area contributed by atoms with Crippen molar-refractivity contribution in [1.82, 2.24) is 29.9 Å². The molecular formula is C44H42Cl4N8. The normalized spacial score (nSPS) is 31.9. The van der Waals surface area contributed by atoms with Gasteiger partial charge in [0.25, 0.3) is 0 Å². The Balaban J connectivity index is 1.37. The molecule has 9 rings (SSSR count). The maximum atomic E-state index is 8.13. The van der Waals surface area contributed by atoms with E-state index in [-0.39, 0.29) is 0 Å². The lowest BCUT2D eigenvalue weighted by Gasteiger charge is -2.45. The highest BCUT2D eigenvalue weighted by Crippen LogP contribution is 2.57. The lowest BCUT2D eigenvalue weighted by atomic mass is 9.87. The first-order valence-corrected chi connectivity index (χ1v) is 20.2. The van der Waals surface area contributed by atoms with E-state index in [0.29, 0.717) is 24.5 Å². The predicted molar refractivity (Wildman–Crippen MR) is 233 cm³/mol. The largest absolute Gasteiger partial charge is 0.372 e. The van der Waals surface area contributed by atoms with Crippen LogP contribution in [-0.4, -0.2) is 105 Å². The van der Waals surface area contributed by atoms with Crippen molar-refractivity contribution in [1.29, 1.82) is 0 Å². The van der Waals surface area contributed by atoms with Crippen molar-refractivity contribution >= 4 is 63.4 Å². The number of H-pyrrole nitrogens is 1. The van der Waals surface area contributed by atoms with Gasteiger partial charge in [-0.05, 0) is 72.9 Å². The molecule has 8 aliphatic rings. The Bertz CT molecular complexity index is 2390. The van der Waals surface area contributed by atoms with Gasteiger partial charge in [0, 0.05) is 105 Å². The summed E-state index contributed by atoms with van der Waals surface area (Å²) < 4.78 is 0. The first kappa shape index (κ1) is 37.0. The number of nitrogens with zero attached hydrogens (tertiary/aromatic N) is 6. The Kier molecular flexibility index (Phi) is 8.93. The van der Waals surface area contributed by atoms with E-state index in [2.05, 4.69) is 111 Å². The minimum Gasteiger partial charge on any atom is -0.372 e. The molecule has 286 valence electrons. The van der Waals surface area contributed by atoms with Crippen LogP contribution < -0.4 is 5.32 Å². The second-order valence-corrected chi connectivity index (χ2v) is 17.4. The number of fused-ring (bicyclic) bond motifs is 6.